The molecule has 3 heterocycles. The van der Waals surface area contributed by atoms with Crippen LogP contribution in [0.4, 0.5) is 9.93 Å². The summed E-state index contributed by atoms with van der Waals surface area (Å²) in [7, 11) is 0. The summed E-state index contributed by atoms with van der Waals surface area (Å²) in [5.74, 6) is -0.598. The smallest absolute Gasteiger partial charge is 0.324 e. The number of nitrogens with zero attached hydrogens (tertiary/aromatic N) is 3. The lowest BCUT2D eigenvalue weighted by atomic mass is 10.2. The number of thiazole rings is 1. The molecule has 1 aromatic heterocycles. The molecule has 0 radical (unpaired) electrons. The molecule has 4 amide bonds. The van der Waals surface area contributed by atoms with Crippen molar-refractivity contribution in [2.75, 3.05) is 24.5 Å². The Bertz CT molecular complexity index is 656. The van der Waals surface area contributed by atoms with Crippen molar-refractivity contribution in [3.05, 3.63) is 11.1 Å². The van der Waals surface area contributed by atoms with Gasteiger partial charge in [0.1, 0.15) is 6.04 Å². The molecule has 2 aliphatic heterocycles. The molecule has 0 spiro atoms. The van der Waals surface area contributed by atoms with Crippen LogP contribution in [0, 0.1) is 0 Å². The molecule has 25 heavy (non-hydrogen) atoms. The fourth-order valence-corrected chi connectivity index (χ4v) is 3.91. The van der Waals surface area contributed by atoms with E-state index in [-0.39, 0.29) is 18.2 Å². The lowest BCUT2D eigenvalue weighted by molar-refractivity contribution is -0.130. The van der Waals surface area contributed by atoms with Gasteiger partial charge in [-0.15, -0.1) is 11.3 Å². The summed E-state index contributed by atoms with van der Waals surface area (Å²) in [5, 5.41) is 8.28. The van der Waals surface area contributed by atoms with Crippen molar-refractivity contribution in [3.63, 3.8) is 0 Å². The molecule has 2 fully saturated rings. The lowest BCUT2D eigenvalue weighted by Gasteiger charge is -2.12. The molecule has 8 nitrogen and oxygen atoms in total. The van der Waals surface area contributed by atoms with E-state index < -0.39 is 12.1 Å². The SMILES string of the molecule is CCCN1C(=O)N[C@H](CC(=O)NCc2csc(N3CCCC3)n2)C1=O. The van der Waals surface area contributed by atoms with Crippen LogP contribution in [0.5, 0.6) is 0 Å². The molecule has 0 saturated carbocycles. The molecule has 136 valence electrons. The highest BCUT2D eigenvalue weighted by atomic mass is 32.1. The molecule has 2 N–H and O–H groups in total. The van der Waals surface area contributed by atoms with E-state index >= 15 is 0 Å². The van der Waals surface area contributed by atoms with E-state index in [1.807, 2.05) is 12.3 Å². The maximum Gasteiger partial charge on any atom is 0.324 e. The number of rotatable bonds is 7. The van der Waals surface area contributed by atoms with E-state index in [0.717, 1.165) is 23.9 Å². The predicted octanol–water partition coefficient (Wildman–Crippen LogP) is 1.08. The van der Waals surface area contributed by atoms with E-state index in [1.165, 1.54) is 17.7 Å². The minimum atomic E-state index is -0.769. The summed E-state index contributed by atoms with van der Waals surface area (Å²) in [4.78, 5) is 43.9. The summed E-state index contributed by atoms with van der Waals surface area (Å²) < 4.78 is 0. The summed E-state index contributed by atoms with van der Waals surface area (Å²) in [6, 6.07) is -1.19. The summed E-state index contributed by atoms with van der Waals surface area (Å²) in [6.45, 7) is 4.68. The number of hydrogen-bond acceptors (Lipinski definition) is 6. The van der Waals surface area contributed by atoms with Gasteiger partial charge in [0, 0.05) is 25.0 Å². The Balaban J connectivity index is 1.47. The van der Waals surface area contributed by atoms with Gasteiger partial charge >= 0.3 is 6.03 Å². The number of carbonyl (C=O) groups excluding carboxylic acids is 3. The molecule has 0 bridgehead atoms. The van der Waals surface area contributed by atoms with Crippen molar-refractivity contribution in [1.29, 1.82) is 0 Å². The van der Waals surface area contributed by atoms with Crippen LogP contribution in [0.25, 0.3) is 0 Å². The molecule has 0 aliphatic carbocycles. The van der Waals surface area contributed by atoms with Gasteiger partial charge in [0.25, 0.3) is 5.91 Å². The Morgan fingerprint density at radius 1 is 1.40 bits per heavy atom. The summed E-state index contributed by atoms with van der Waals surface area (Å²) in [6.07, 6.45) is 3.04. The monoisotopic (exact) mass is 365 g/mol. The molecule has 9 heteroatoms. The third-order valence-corrected chi connectivity index (χ3v) is 5.28. The minimum absolute atomic E-state index is 0.0477. The number of amides is 4. The van der Waals surface area contributed by atoms with E-state index in [2.05, 4.69) is 20.5 Å². The third-order valence-electron chi connectivity index (χ3n) is 4.33. The molecule has 1 atom stereocenters. The Hall–Kier alpha value is -2.16. The fraction of sp³-hybridized carbons (Fsp3) is 0.625. The van der Waals surface area contributed by atoms with Crippen LogP contribution in [0.1, 0.15) is 38.3 Å². The van der Waals surface area contributed by atoms with E-state index in [1.54, 1.807) is 11.3 Å². The molecule has 3 rings (SSSR count). The van der Waals surface area contributed by atoms with E-state index in [4.69, 9.17) is 0 Å². The van der Waals surface area contributed by atoms with Gasteiger partial charge in [-0.3, -0.25) is 14.5 Å². The minimum Gasteiger partial charge on any atom is -0.350 e. The molecule has 1 aromatic rings. The van der Waals surface area contributed by atoms with Gasteiger partial charge in [-0.05, 0) is 19.3 Å². The average molecular weight is 365 g/mol. The Morgan fingerprint density at radius 2 is 2.16 bits per heavy atom. The molecule has 2 aliphatic rings. The predicted molar refractivity (Wildman–Crippen MR) is 94.3 cm³/mol. The van der Waals surface area contributed by atoms with Gasteiger partial charge in [0.15, 0.2) is 5.13 Å². The highest BCUT2D eigenvalue weighted by Gasteiger charge is 2.38. The maximum absolute atomic E-state index is 12.1. The van der Waals surface area contributed by atoms with Gasteiger partial charge in [-0.1, -0.05) is 6.92 Å². The first-order chi connectivity index (χ1) is 12.1. The largest absolute Gasteiger partial charge is 0.350 e. The van der Waals surface area contributed by atoms with Gasteiger partial charge in [-0.25, -0.2) is 9.78 Å². The highest BCUT2D eigenvalue weighted by molar-refractivity contribution is 7.13. The lowest BCUT2D eigenvalue weighted by Crippen LogP contribution is -2.36. The first-order valence-electron chi connectivity index (χ1n) is 8.66. The van der Waals surface area contributed by atoms with Crippen LogP contribution in [-0.2, 0) is 16.1 Å². The Kier molecular flexibility index (Phi) is 5.52. The zero-order valence-corrected chi connectivity index (χ0v) is 15.1. The van der Waals surface area contributed by atoms with Crippen LogP contribution < -0.4 is 15.5 Å². The van der Waals surface area contributed by atoms with Gasteiger partial charge in [0.05, 0.1) is 18.7 Å². The highest BCUT2D eigenvalue weighted by Crippen LogP contribution is 2.24. The van der Waals surface area contributed by atoms with Crippen LogP contribution in [0.3, 0.4) is 0 Å². The second kappa shape index (κ2) is 7.81. The molecule has 0 unspecified atom stereocenters. The first kappa shape index (κ1) is 17.7. The number of anilines is 1. The van der Waals surface area contributed by atoms with Gasteiger partial charge < -0.3 is 15.5 Å². The number of carbonyl (C=O) groups is 3. The standard InChI is InChI=1S/C16H23N5O3S/c1-2-5-21-14(23)12(19-15(21)24)8-13(22)17-9-11-10-25-16(18-11)20-6-3-4-7-20/h10,12H,2-9H2,1H3,(H,17,22)(H,19,24)/t12-/m1/s1. The average Bonchev–Trinajstić information content (AvgIpc) is 3.31. The normalized spacial score (nSPS) is 20.3. The Labute approximate surface area is 150 Å². The van der Waals surface area contributed by atoms with Crippen molar-refractivity contribution >= 4 is 34.3 Å². The van der Waals surface area contributed by atoms with Crippen LogP contribution in [-0.4, -0.2) is 53.4 Å². The van der Waals surface area contributed by atoms with Crippen LogP contribution in [0.2, 0.25) is 0 Å². The molecular formula is C16H23N5O3S. The van der Waals surface area contributed by atoms with Crippen LogP contribution in [0.15, 0.2) is 5.38 Å². The maximum atomic E-state index is 12.1. The molecule has 2 saturated heterocycles. The van der Waals surface area contributed by atoms with E-state index in [9.17, 15) is 14.4 Å². The molecule has 0 aromatic carbocycles. The van der Waals surface area contributed by atoms with Gasteiger partial charge in [-0.2, -0.15) is 0 Å². The van der Waals surface area contributed by atoms with Crippen molar-refractivity contribution in [1.82, 2.24) is 20.5 Å². The zero-order chi connectivity index (χ0) is 17.8. The number of nitrogens with one attached hydrogen (secondary N) is 2. The number of hydrogen-bond donors (Lipinski definition) is 2. The topological polar surface area (TPSA) is 94.6 Å². The Morgan fingerprint density at radius 3 is 2.88 bits per heavy atom. The zero-order valence-electron chi connectivity index (χ0n) is 14.3. The van der Waals surface area contributed by atoms with Crippen molar-refractivity contribution < 1.29 is 14.4 Å². The van der Waals surface area contributed by atoms with Crippen molar-refractivity contribution in [3.8, 4) is 0 Å². The number of urea groups is 1. The fourth-order valence-electron chi connectivity index (χ4n) is 3.03. The van der Waals surface area contributed by atoms with Crippen molar-refractivity contribution in [2.24, 2.45) is 0 Å². The summed E-state index contributed by atoms with van der Waals surface area (Å²) >= 11 is 1.58. The number of imide groups is 1. The quantitative estimate of drug-likeness (QED) is 0.705. The number of aromatic nitrogens is 1. The second-order valence-corrected chi connectivity index (χ2v) is 7.12. The van der Waals surface area contributed by atoms with Gasteiger partial charge in [0.2, 0.25) is 5.91 Å². The van der Waals surface area contributed by atoms with E-state index in [0.29, 0.717) is 19.5 Å². The molecular weight excluding hydrogens is 342 g/mol. The van der Waals surface area contributed by atoms with Crippen LogP contribution >= 0.6 is 11.3 Å². The van der Waals surface area contributed by atoms with Crippen molar-refractivity contribution in [2.45, 2.75) is 45.2 Å². The summed E-state index contributed by atoms with van der Waals surface area (Å²) in [5.41, 5.74) is 0.814. The second-order valence-electron chi connectivity index (χ2n) is 6.29. The first-order valence-corrected chi connectivity index (χ1v) is 9.54. The third kappa shape index (κ3) is 4.09.